The molecule has 0 atom stereocenters. The summed E-state index contributed by atoms with van der Waals surface area (Å²) in [5, 5.41) is 12.4. The monoisotopic (exact) mass is 616 g/mol. The van der Waals surface area contributed by atoms with Crippen LogP contribution in [-0.2, 0) is 11.4 Å². The number of benzene rings is 3. The van der Waals surface area contributed by atoms with Crippen molar-refractivity contribution in [1.29, 1.82) is 5.26 Å². The summed E-state index contributed by atoms with van der Waals surface area (Å²) in [6.45, 7) is 4.60. The van der Waals surface area contributed by atoms with Crippen molar-refractivity contribution in [2.45, 2.75) is 20.5 Å². The molecule has 0 unspecified atom stereocenters. The highest BCUT2D eigenvalue weighted by Crippen LogP contribution is 2.38. The smallest absolute Gasteiger partial charge is 0.266 e. The quantitative estimate of drug-likeness (QED) is 0.170. The number of rotatable bonds is 8. The van der Waals surface area contributed by atoms with Gasteiger partial charge in [0.25, 0.3) is 5.91 Å². The third kappa shape index (κ3) is 6.83. The number of para-hydroxylation sites is 1. The third-order valence-corrected chi connectivity index (χ3v) is 6.01. The van der Waals surface area contributed by atoms with E-state index in [9.17, 15) is 10.1 Å². The fourth-order valence-electron chi connectivity index (χ4n) is 3.03. The van der Waals surface area contributed by atoms with Gasteiger partial charge >= 0.3 is 0 Å². The number of amides is 1. The molecule has 0 radical (unpaired) electrons. The summed E-state index contributed by atoms with van der Waals surface area (Å²) in [5.74, 6) is 0.621. The molecule has 0 saturated heterocycles. The Morgan fingerprint density at radius 2 is 1.88 bits per heavy atom. The molecule has 3 aromatic carbocycles. The topological polar surface area (TPSA) is 71.3 Å². The molecule has 0 bridgehead atoms. The van der Waals surface area contributed by atoms with Crippen LogP contribution in [0.3, 0.4) is 0 Å². The molecule has 0 saturated carbocycles. The van der Waals surface area contributed by atoms with Crippen molar-refractivity contribution >= 4 is 56.2 Å². The summed E-state index contributed by atoms with van der Waals surface area (Å²) in [6, 6.07) is 21.0. The van der Waals surface area contributed by atoms with Crippen molar-refractivity contribution < 1.29 is 14.3 Å². The van der Waals surface area contributed by atoms with E-state index in [4.69, 9.17) is 9.47 Å². The lowest BCUT2D eigenvalue weighted by molar-refractivity contribution is -0.112. The molecule has 0 aliphatic carbocycles. The Morgan fingerprint density at radius 3 is 2.55 bits per heavy atom. The Balaban J connectivity index is 1.85. The maximum atomic E-state index is 12.7. The lowest BCUT2D eigenvalue weighted by Gasteiger charge is -2.15. The van der Waals surface area contributed by atoms with E-state index in [0.29, 0.717) is 40.4 Å². The summed E-state index contributed by atoms with van der Waals surface area (Å²) < 4.78 is 13.6. The number of carbonyl (C=O) groups is 1. The van der Waals surface area contributed by atoms with Crippen LogP contribution in [0.1, 0.15) is 23.6 Å². The van der Waals surface area contributed by atoms with Gasteiger partial charge in [0.15, 0.2) is 11.5 Å². The zero-order chi connectivity index (χ0) is 23.8. The maximum absolute atomic E-state index is 12.7. The van der Waals surface area contributed by atoms with Gasteiger partial charge in [0, 0.05) is 9.26 Å². The number of nitriles is 1. The average Bonchev–Trinajstić information content (AvgIpc) is 2.79. The summed E-state index contributed by atoms with van der Waals surface area (Å²) in [4.78, 5) is 12.7. The first-order chi connectivity index (χ1) is 15.9. The lowest BCUT2D eigenvalue weighted by atomic mass is 10.1. The Bertz CT molecular complexity index is 1220. The van der Waals surface area contributed by atoms with Crippen molar-refractivity contribution in [3.63, 3.8) is 0 Å². The summed E-state index contributed by atoms with van der Waals surface area (Å²) in [7, 11) is 0. The van der Waals surface area contributed by atoms with E-state index in [1.165, 1.54) is 6.08 Å². The molecule has 3 aromatic rings. The average molecular weight is 617 g/mol. The number of anilines is 1. The zero-order valence-electron chi connectivity index (χ0n) is 18.2. The van der Waals surface area contributed by atoms with Crippen LogP contribution in [-0.4, -0.2) is 12.5 Å². The van der Waals surface area contributed by atoms with Gasteiger partial charge in [-0.15, -0.1) is 0 Å². The van der Waals surface area contributed by atoms with E-state index in [2.05, 4.69) is 43.8 Å². The molecular weight excluding hydrogens is 595 g/mol. The third-order valence-electron chi connectivity index (χ3n) is 4.70. The van der Waals surface area contributed by atoms with Crippen molar-refractivity contribution in [3.8, 4) is 17.6 Å². The minimum Gasteiger partial charge on any atom is -0.490 e. The van der Waals surface area contributed by atoms with Crippen LogP contribution in [0, 0.1) is 21.8 Å². The van der Waals surface area contributed by atoms with Gasteiger partial charge in [-0.05, 0) is 105 Å². The van der Waals surface area contributed by atoms with Gasteiger partial charge in [-0.2, -0.15) is 5.26 Å². The Labute approximate surface area is 215 Å². The standard InChI is InChI=1S/C26H22BrIN2O3/c1-3-32-24-14-19(12-20(15-29)26(31)30-23-7-5-4-6-17(23)2)13-22(27)25(24)33-16-18-8-10-21(28)11-9-18/h4-14H,3,16H2,1-2H3,(H,30,31)/b20-12+. The van der Waals surface area contributed by atoms with Crippen LogP contribution in [0.2, 0.25) is 0 Å². The molecule has 0 aliphatic heterocycles. The SMILES string of the molecule is CCOc1cc(/C=C(\C#N)C(=O)Nc2ccccc2C)cc(Br)c1OCc1ccc(I)cc1. The lowest BCUT2D eigenvalue weighted by Crippen LogP contribution is -2.14. The second kappa shape index (κ2) is 11.9. The van der Waals surface area contributed by atoms with Gasteiger partial charge in [0.2, 0.25) is 0 Å². The fourth-order valence-corrected chi connectivity index (χ4v) is 3.96. The van der Waals surface area contributed by atoms with Crippen molar-refractivity contribution in [2.24, 2.45) is 0 Å². The number of hydrogen-bond donors (Lipinski definition) is 1. The highest BCUT2D eigenvalue weighted by molar-refractivity contribution is 14.1. The predicted molar refractivity (Wildman–Crippen MR) is 142 cm³/mol. The molecule has 1 N–H and O–H groups in total. The zero-order valence-corrected chi connectivity index (χ0v) is 21.9. The summed E-state index contributed by atoms with van der Waals surface area (Å²) >= 11 is 5.81. The number of ether oxygens (including phenoxy) is 2. The second-order valence-corrected chi connectivity index (χ2v) is 9.22. The highest BCUT2D eigenvalue weighted by Gasteiger charge is 2.15. The molecule has 0 aliphatic rings. The largest absolute Gasteiger partial charge is 0.490 e. The fraction of sp³-hybridized carbons (Fsp3) is 0.154. The minimum absolute atomic E-state index is 0.0137. The van der Waals surface area contributed by atoms with E-state index in [1.807, 2.05) is 62.4 Å². The molecule has 5 nitrogen and oxygen atoms in total. The van der Waals surface area contributed by atoms with E-state index in [1.54, 1.807) is 18.2 Å². The molecule has 7 heteroatoms. The minimum atomic E-state index is -0.472. The molecule has 33 heavy (non-hydrogen) atoms. The van der Waals surface area contributed by atoms with Crippen LogP contribution in [0.25, 0.3) is 6.08 Å². The predicted octanol–water partition coefficient (Wildman–Crippen LogP) is 6.89. The van der Waals surface area contributed by atoms with Crippen LogP contribution in [0.15, 0.2) is 70.7 Å². The van der Waals surface area contributed by atoms with Gasteiger partial charge in [-0.25, -0.2) is 0 Å². The molecule has 0 fully saturated rings. The van der Waals surface area contributed by atoms with Gasteiger partial charge in [0.05, 0.1) is 11.1 Å². The first-order valence-corrected chi connectivity index (χ1v) is 12.1. The number of aryl methyl sites for hydroxylation is 1. The van der Waals surface area contributed by atoms with Gasteiger partial charge < -0.3 is 14.8 Å². The van der Waals surface area contributed by atoms with Crippen molar-refractivity contribution in [3.05, 3.63) is 91.0 Å². The molecule has 0 heterocycles. The van der Waals surface area contributed by atoms with E-state index in [-0.39, 0.29) is 5.57 Å². The van der Waals surface area contributed by atoms with Crippen molar-refractivity contribution in [1.82, 2.24) is 0 Å². The first-order valence-electron chi connectivity index (χ1n) is 10.2. The second-order valence-electron chi connectivity index (χ2n) is 7.12. The van der Waals surface area contributed by atoms with Crippen molar-refractivity contribution in [2.75, 3.05) is 11.9 Å². The molecule has 0 spiro atoms. The molecule has 3 rings (SSSR count). The molecule has 1 amide bonds. The molecule has 0 aromatic heterocycles. The first kappa shape index (κ1) is 24.8. The Kier molecular flexibility index (Phi) is 8.92. The van der Waals surface area contributed by atoms with Crippen LogP contribution >= 0.6 is 38.5 Å². The van der Waals surface area contributed by atoms with Crippen LogP contribution in [0.5, 0.6) is 11.5 Å². The van der Waals surface area contributed by atoms with Crippen LogP contribution in [0.4, 0.5) is 5.69 Å². The van der Waals surface area contributed by atoms with Gasteiger partial charge in [0.1, 0.15) is 18.2 Å². The number of nitrogens with zero attached hydrogens (tertiary/aromatic N) is 1. The number of halogens is 2. The van der Waals surface area contributed by atoms with Gasteiger partial charge in [-0.1, -0.05) is 30.3 Å². The van der Waals surface area contributed by atoms with E-state index < -0.39 is 5.91 Å². The van der Waals surface area contributed by atoms with Crippen LogP contribution < -0.4 is 14.8 Å². The van der Waals surface area contributed by atoms with E-state index in [0.717, 1.165) is 14.7 Å². The Morgan fingerprint density at radius 1 is 1.15 bits per heavy atom. The maximum Gasteiger partial charge on any atom is 0.266 e. The Hall–Kier alpha value is -2.83. The number of nitrogens with one attached hydrogen (secondary N) is 1. The van der Waals surface area contributed by atoms with E-state index >= 15 is 0 Å². The summed E-state index contributed by atoms with van der Waals surface area (Å²) in [5.41, 5.74) is 3.25. The highest BCUT2D eigenvalue weighted by atomic mass is 127. The van der Waals surface area contributed by atoms with Gasteiger partial charge in [-0.3, -0.25) is 4.79 Å². The number of hydrogen-bond acceptors (Lipinski definition) is 4. The molecule has 168 valence electrons. The summed E-state index contributed by atoms with van der Waals surface area (Å²) in [6.07, 6.45) is 1.53. The molecular formula is C26H22BrIN2O3. The normalized spacial score (nSPS) is 10.9. The number of carbonyl (C=O) groups excluding carboxylic acids is 1.